The Morgan fingerprint density at radius 3 is 2.76 bits per heavy atom. The van der Waals surface area contributed by atoms with Gasteiger partial charge in [-0.3, -0.25) is 0 Å². The molecular weight excluding hydrogens is 291 g/mol. The monoisotopic (exact) mass is 308 g/mol. The molecule has 1 aromatic carbocycles. The largest absolute Gasteiger partial charge is 0.439 e. The van der Waals surface area contributed by atoms with Crippen molar-refractivity contribution < 1.29 is 9.13 Å². The third-order valence-corrected chi connectivity index (χ3v) is 3.36. The molecular formula is C16H18ClFN2O. The lowest BCUT2D eigenvalue weighted by molar-refractivity contribution is 0.459. The summed E-state index contributed by atoms with van der Waals surface area (Å²) in [6.07, 6.45) is 2.86. The summed E-state index contributed by atoms with van der Waals surface area (Å²) < 4.78 is 18.6. The molecule has 3 nitrogen and oxygen atoms in total. The van der Waals surface area contributed by atoms with Gasteiger partial charge in [0.15, 0.2) is 0 Å². The molecule has 5 heteroatoms. The van der Waals surface area contributed by atoms with Gasteiger partial charge in [-0.2, -0.15) is 0 Å². The highest BCUT2D eigenvalue weighted by atomic mass is 35.5. The average Bonchev–Trinajstić information content (AvgIpc) is 2.49. The predicted octanol–water partition coefficient (Wildman–Crippen LogP) is 4.73. The molecule has 0 spiro atoms. The van der Waals surface area contributed by atoms with Crippen LogP contribution < -0.4 is 10.1 Å². The summed E-state index contributed by atoms with van der Waals surface area (Å²) >= 11 is 5.71. The number of benzene rings is 1. The van der Waals surface area contributed by atoms with E-state index < -0.39 is 5.82 Å². The molecule has 0 aliphatic carbocycles. The Kier molecular flexibility index (Phi) is 5.53. The van der Waals surface area contributed by atoms with Crippen molar-refractivity contribution in [1.29, 1.82) is 0 Å². The second-order valence-corrected chi connectivity index (χ2v) is 5.19. The Labute approximate surface area is 129 Å². The third-order valence-electron chi connectivity index (χ3n) is 3.07. The van der Waals surface area contributed by atoms with Gasteiger partial charge in [0, 0.05) is 24.4 Å². The Hall–Kier alpha value is -1.65. The van der Waals surface area contributed by atoms with Crippen molar-refractivity contribution in [2.75, 3.05) is 6.54 Å². The number of halogens is 2. The lowest BCUT2D eigenvalue weighted by Gasteiger charge is -2.13. The first-order valence-electron chi connectivity index (χ1n) is 6.92. The van der Waals surface area contributed by atoms with Crippen molar-refractivity contribution in [3.8, 4) is 11.6 Å². The van der Waals surface area contributed by atoms with Gasteiger partial charge in [-0.1, -0.05) is 24.6 Å². The fourth-order valence-corrected chi connectivity index (χ4v) is 2.02. The van der Waals surface area contributed by atoms with E-state index in [2.05, 4.69) is 24.1 Å². The van der Waals surface area contributed by atoms with Gasteiger partial charge < -0.3 is 10.1 Å². The van der Waals surface area contributed by atoms with Crippen molar-refractivity contribution in [2.45, 2.75) is 26.3 Å². The quantitative estimate of drug-likeness (QED) is 0.838. The molecule has 1 unspecified atom stereocenters. The maximum absolute atomic E-state index is 13.1. The summed E-state index contributed by atoms with van der Waals surface area (Å²) in [5.74, 6) is 0.436. The van der Waals surface area contributed by atoms with Crippen molar-refractivity contribution in [1.82, 2.24) is 10.3 Å². The highest BCUT2D eigenvalue weighted by Crippen LogP contribution is 2.25. The van der Waals surface area contributed by atoms with E-state index in [0.717, 1.165) is 18.5 Å². The van der Waals surface area contributed by atoms with Gasteiger partial charge >= 0.3 is 0 Å². The fourth-order valence-electron chi connectivity index (χ4n) is 1.85. The molecule has 0 fully saturated rings. The molecule has 1 atom stereocenters. The van der Waals surface area contributed by atoms with E-state index in [1.165, 1.54) is 18.2 Å². The Morgan fingerprint density at radius 2 is 2.14 bits per heavy atom. The molecule has 1 aromatic heterocycles. The molecule has 2 aromatic rings. The molecule has 1 N–H and O–H groups in total. The Bertz CT molecular complexity index is 589. The molecule has 1 heterocycles. The van der Waals surface area contributed by atoms with Crippen molar-refractivity contribution in [3.05, 3.63) is 52.9 Å². The number of pyridine rings is 1. The second-order valence-electron chi connectivity index (χ2n) is 4.78. The topological polar surface area (TPSA) is 34.1 Å². The van der Waals surface area contributed by atoms with Crippen LogP contribution in [0.3, 0.4) is 0 Å². The Morgan fingerprint density at radius 1 is 1.33 bits per heavy atom. The van der Waals surface area contributed by atoms with Gasteiger partial charge in [0.05, 0.1) is 5.02 Å². The van der Waals surface area contributed by atoms with Gasteiger partial charge in [-0.15, -0.1) is 0 Å². The van der Waals surface area contributed by atoms with E-state index in [4.69, 9.17) is 16.3 Å². The fraction of sp³-hybridized carbons (Fsp3) is 0.312. The predicted molar refractivity (Wildman–Crippen MR) is 82.4 cm³/mol. The standard InChI is InChI=1S/C16H18ClFN2O/c1-3-8-19-11(2)12-4-7-16(20-10-12)21-13-5-6-15(18)14(17)9-13/h4-7,9-11,19H,3,8H2,1-2H3. The first-order chi connectivity index (χ1) is 10.1. The summed E-state index contributed by atoms with van der Waals surface area (Å²) in [4.78, 5) is 4.26. The van der Waals surface area contributed by atoms with Crippen LogP contribution in [0.15, 0.2) is 36.5 Å². The number of ether oxygens (including phenoxy) is 1. The molecule has 0 saturated heterocycles. The van der Waals surface area contributed by atoms with E-state index in [1.54, 1.807) is 12.3 Å². The van der Waals surface area contributed by atoms with E-state index in [0.29, 0.717) is 11.6 Å². The first-order valence-corrected chi connectivity index (χ1v) is 7.30. The average molecular weight is 309 g/mol. The van der Waals surface area contributed by atoms with Crippen LogP contribution in [0.4, 0.5) is 4.39 Å². The molecule has 0 bridgehead atoms. The van der Waals surface area contributed by atoms with Crippen LogP contribution in [0.2, 0.25) is 5.02 Å². The van der Waals surface area contributed by atoms with Gasteiger partial charge in [0.1, 0.15) is 11.6 Å². The molecule has 2 rings (SSSR count). The lowest BCUT2D eigenvalue weighted by atomic mass is 10.1. The van der Waals surface area contributed by atoms with E-state index in [1.807, 2.05) is 6.07 Å². The zero-order chi connectivity index (χ0) is 15.2. The first kappa shape index (κ1) is 15.7. The number of aromatic nitrogens is 1. The van der Waals surface area contributed by atoms with E-state index in [-0.39, 0.29) is 11.1 Å². The van der Waals surface area contributed by atoms with Crippen LogP contribution in [0.1, 0.15) is 31.9 Å². The van der Waals surface area contributed by atoms with Crippen LogP contribution in [-0.2, 0) is 0 Å². The number of nitrogens with one attached hydrogen (secondary N) is 1. The van der Waals surface area contributed by atoms with Crippen LogP contribution in [0, 0.1) is 5.82 Å². The SMILES string of the molecule is CCCNC(C)c1ccc(Oc2ccc(F)c(Cl)c2)nc1. The van der Waals surface area contributed by atoms with Gasteiger partial charge in [-0.05, 0) is 37.6 Å². The maximum atomic E-state index is 13.1. The minimum Gasteiger partial charge on any atom is -0.439 e. The molecule has 0 radical (unpaired) electrons. The van der Waals surface area contributed by atoms with Crippen LogP contribution in [-0.4, -0.2) is 11.5 Å². The molecule has 0 aliphatic heterocycles. The van der Waals surface area contributed by atoms with Crippen LogP contribution in [0.25, 0.3) is 0 Å². The summed E-state index contributed by atoms with van der Waals surface area (Å²) in [5, 5.41) is 3.42. The summed E-state index contributed by atoms with van der Waals surface area (Å²) in [7, 11) is 0. The maximum Gasteiger partial charge on any atom is 0.219 e. The zero-order valence-electron chi connectivity index (χ0n) is 12.1. The number of hydrogen-bond acceptors (Lipinski definition) is 3. The van der Waals surface area contributed by atoms with Crippen LogP contribution >= 0.6 is 11.6 Å². The number of nitrogens with zero attached hydrogens (tertiary/aromatic N) is 1. The molecule has 112 valence electrons. The van der Waals surface area contributed by atoms with E-state index >= 15 is 0 Å². The van der Waals surface area contributed by atoms with Gasteiger partial charge in [0.25, 0.3) is 0 Å². The van der Waals surface area contributed by atoms with Crippen molar-refractivity contribution >= 4 is 11.6 Å². The summed E-state index contributed by atoms with van der Waals surface area (Å²) in [6, 6.07) is 8.20. The number of rotatable bonds is 6. The molecule has 0 aliphatic rings. The summed E-state index contributed by atoms with van der Waals surface area (Å²) in [5.41, 5.74) is 1.09. The third kappa shape index (κ3) is 4.41. The Balaban J connectivity index is 2.03. The summed E-state index contributed by atoms with van der Waals surface area (Å²) in [6.45, 7) is 5.18. The highest BCUT2D eigenvalue weighted by Gasteiger charge is 2.07. The van der Waals surface area contributed by atoms with Crippen LogP contribution in [0.5, 0.6) is 11.6 Å². The molecule has 21 heavy (non-hydrogen) atoms. The minimum atomic E-state index is -0.469. The zero-order valence-corrected chi connectivity index (χ0v) is 12.8. The lowest BCUT2D eigenvalue weighted by Crippen LogP contribution is -2.19. The minimum absolute atomic E-state index is 0.0292. The normalized spacial score (nSPS) is 12.2. The van der Waals surface area contributed by atoms with Crippen molar-refractivity contribution in [2.24, 2.45) is 0 Å². The van der Waals surface area contributed by atoms with Crippen molar-refractivity contribution in [3.63, 3.8) is 0 Å². The van der Waals surface area contributed by atoms with Gasteiger partial charge in [-0.25, -0.2) is 9.37 Å². The smallest absolute Gasteiger partial charge is 0.219 e. The number of hydrogen-bond donors (Lipinski definition) is 1. The molecule has 0 amide bonds. The highest BCUT2D eigenvalue weighted by molar-refractivity contribution is 6.30. The van der Waals surface area contributed by atoms with E-state index in [9.17, 15) is 4.39 Å². The van der Waals surface area contributed by atoms with Gasteiger partial charge in [0.2, 0.25) is 5.88 Å². The second kappa shape index (κ2) is 7.38. The molecule has 0 saturated carbocycles.